The van der Waals surface area contributed by atoms with Gasteiger partial charge in [-0.15, -0.1) is 0 Å². The first kappa shape index (κ1) is 18.1. The molecule has 1 atom stereocenters. The average Bonchev–Trinajstić information content (AvgIpc) is 2.47. The summed E-state index contributed by atoms with van der Waals surface area (Å²) in [5, 5.41) is 0.358. The number of hydrogen-bond acceptors (Lipinski definition) is 3. The van der Waals surface area contributed by atoms with E-state index in [2.05, 4.69) is 6.92 Å². The van der Waals surface area contributed by atoms with Crippen LogP contribution in [0.5, 0.6) is 0 Å². The minimum atomic E-state index is -3.50. The van der Waals surface area contributed by atoms with Gasteiger partial charge in [0.25, 0.3) is 0 Å². The molecule has 5 nitrogen and oxygen atoms in total. The van der Waals surface area contributed by atoms with Crippen molar-refractivity contribution in [2.45, 2.75) is 26.2 Å². The molecule has 1 saturated heterocycles. The number of likely N-dealkylation sites (tertiary alicyclic amines) is 1. The van der Waals surface area contributed by atoms with Crippen LogP contribution in [-0.4, -0.2) is 45.1 Å². The number of hydrogen-bond donors (Lipinski definition) is 0. The van der Waals surface area contributed by atoms with Crippen molar-refractivity contribution in [1.29, 1.82) is 0 Å². The second kappa shape index (κ2) is 7.53. The molecule has 7 heteroatoms. The molecule has 1 aliphatic rings. The lowest BCUT2D eigenvalue weighted by Crippen LogP contribution is -2.41. The highest BCUT2D eigenvalue weighted by Crippen LogP contribution is 2.27. The van der Waals surface area contributed by atoms with Crippen LogP contribution in [0.1, 0.15) is 26.2 Å². The van der Waals surface area contributed by atoms with Crippen LogP contribution in [0.3, 0.4) is 0 Å². The summed E-state index contributed by atoms with van der Waals surface area (Å²) in [5.74, 6) is 0.500. The summed E-state index contributed by atoms with van der Waals surface area (Å²) in [6.07, 6.45) is 3.43. The van der Waals surface area contributed by atoms with Gasteiger partial charge in [-0.3, -0.25) is 9.10 Å². The second-order valence-corrected chi connectivity index (χ2v) is 8.44. The first-order valence-corrected chi connectivity index (χ1v) is 10.0. The summed E-state index contributed by atoms with van der Waals surface area (Å²) in [7, 11) is -3.50. The van der Waals surface area contributed by atoms with Gasteiger partial charge in [0.2, 0.25) is 15.9 Å². The lowest BCUT2D eigenvalue weighted by atomic mass is 10.00. The molecule has 0 spiro atoms. The van der Waals surface area contributed by atoms with E-state index < -0.39 is 10.0 Å². The molecule has 0 aromatic heterocycles. The quantitative estimate of drug-likeness (QED) is 0.813. The molecule has 1 aromatic rings. The zero-order chi connectivity index (χ0) is 17.0. The van der Waals surface area contributed by atoms with Gasteiger partial charge in [-0.25, -0.2) is 8.42 Å². The highest BCUT2D eigenvalue weighted by atomic mass is 35.5. The molecule has 1 fully saturated rings. The van der Waals surface area contributed by atoms with Crippen LogP contribution < -0.4 is 4.31 Å². The summed E-state index contributed by atoms with van der Waals surface area (Å²) in [5.41, 5.74) is 0.413. The summed E-state index contributed by atoms with van der Waals surface area (Å²) in [4.78, 5) is 14.2. The van der Waals surface area contributed by atoms with Crippen LogP contribution in [0.2, 0.25) is 5.02 Å². The van der Waals surface area contributed by atoms with Crippen LogP contribution in [0, 0.1) is 5.92 Å². The zero-order valence-electron chi connectivity index (χ0n) is 13.5. The Bertz CT molecular complexity index is 663. The van der Waals surface area contributed by atoms with E-state index in [0.29, 0.717) is 16.6 Å². The van der Waals surface area contributed by atoms with E-state index in [0.717, 1.165) is 32.2 Å². The van der Waals surface area contributed by atoms with E-state index in [9.17, 15) is 13.2 Å². The molecule has 0 bridgehead atoms. The molecule has 0 radical (unpaired) electrons. The summed E-state index contributed by atoms with van der Waals surface area (Å²) < 4.78 is 25.3. The lowest BCUT2D eigenvalue weighted by Gasteiger charge is -2.32. The number of anilines is 1. The smallest absolute Gasteiger partial charge is 0.232 e. The molecule has 1 heterocycles. The SMILES string of the molecule is CC1CCCN(C(=O)CCN(c2ccccc2Cl)S(C)(=O)=O)C1. The molecule has 1 aromatic carbocycles. The number of carbonyl (C=O) groups excluding carboxylic acids is 1. The van der Waals surface area contributed by atoms with Crippen LogP contribution in [0.25, 0.3) is 0 Å². The normalized spacial score (nSPS) is 18.7. The van der Waals surface area contributed by atoms with Crippen molar-refractivity contribution in [3.63, 3.8) is 0 Å². The predicted molar refractivity (Wildman–Crippen MR) is 93.2 cm³/mol. The topological polar surface area (TPSA) is 57.7 Å². The number of nitrogens with zero attached hydrogens (tertiary/aromatic N) is 2. The predicted octanol–water partition coefficient (Wildman–Crippen LogP) is 2.75. The molecule has 2 rings (SSSR count). The van der Waals surface area contributed by atoms with Crippen LogP contribution in [0.15, 0.2) is 24.3 Å². The van der Waals surface area contributed by atoms with E-state index >= 15 is 0 Å². The van der Waals surface area contributed by atoms with E-state index in [-0.39, 0.29) is 18.9 Å². The van der Waals surface area contributed by atoms with Crippen LogP contribution in [0.4, 0.5) is 5.69 Å². The van der Waals surface area contributed by atoms with Gasteiger partial charge in [-0.1, -0.05) is 30.7 Å². The van der Waals surface area contributed by atoms with E-state index in [4.69, 9.17) is 11.6 Å². The van der Waals surface area contributed by atoms with Gasteiger partial charge in [0, 0.05) is 26.1 Å². The van der Waals surface area contributed by atoms with Gasteiger partial charge < -0.3 is 4.90 Å². The minimum Gasteiger partial charge on any atom is -0.342 e. The maximum atomic E-state index is 12.4. The minimum absolute atomic E-state index is 0.00254. The molecular formula is C16H23ClN2O3S. The molecule has 0 saturated carbocycles. The highest BCUT2D eigenvalue weighted by molar-refractivity contribution is 7.92. The molecular weight excluding hydrogens is 336 g/mol. The van der Waals surface area contributed by atoms with Gasteiger partial charge >= 0.3 is 0 Å². The third-order valence-corrected chi connectivity index (χ3v) is 5.56. The number of sulfonamides is 1. The Labute approximate surface area is 143 Å². The number of para-hydroxylation sites is 1. The maximum Gasteiger partial charge on any atom is 0.232 e. The number of rotatable bonds is 5. The summed E-state index contributed by atoms with van der Waals surface area (Å²) >= 11 is 6.11. The molecule has 1 unspecified atom stereocenters. The lowest BCUT2D eigenvalue weighted by molar-refractivity contribution is -0.132. The highest BCUT2D eigenvalue weighted by Gasteiger charge is 2.24. The van der Waals surface area contributed by atoms with E-state index in [1.807, 2.05) is 4.90 Å². The van der Waals surface area contributed by atoms with Crippen molar-refractivity contribution in [2.75, 3.05) is 30.2 Å². The second-order valence-electron chi connectivity index (χ2n) is 6.12. The van der Waals surface area contributed by atoms with Crippen LogP contribution >= 0.6 is 11.6 Å². The fourth-order valence-corrected chi connectivity index (χ4v) is 4.12. The Morgan fingerprint density at radius 1 is 1.39 bits per heavy atom. The van der Waals surface area contributed by atoms with Crippen molar-refractivity contribution >= 4 is 33.2 Å². The van der Waals surface area contributed by atoms with Crippen molar-refractivity contribution < 1.29 is 13.2 Å². The van der Waals surface area contributed by atoms with Gasteiger partial charge in [0.1, 0.15) is 0 Å². The molecule has 23 heavy (non-hydrogen) atoms. The number of carbonyl (C=O) groups is 1. The average molecular weight is 359 g/mol. The summed E-state index contributed by atoms with van der Waals surface area (Å²) in [6, 6.07) is 6.76. The third kappa shape index (κ3) is 4.85. The van der Waals surface area contributed by atoms with Crippen molar-refractivity contribution in [2.24, 2.45) is 5.92 Å². The van der Waals surface area contributed by atoms with E-state index in [1.54, 1.807) is 24.3 Å². The Morgan fingerprint density at radius 2 is 2.09 bits per heavy atom. The monoisotopic (exact) mass is 358 g/mol. The molecule has 0 N–H and O–H groups in total. The standard InChI is InChI=1S/C16H23ClN2O3S/c1-13-6-5-10-18(12-13)16(20)9-11-19(23(2,21)22)15-8-4-3-7-14(15)17/h3-4,7-8,13H,5-6,9-12H2,1-2H3. The molecule has 128 valence electrons. The largest absolute Gasteiger partial charge is 0.342 e. The first-order valence-electron chi connectivity index (χ1n) is 7.79. The Hall–Kier alpha value is -1.27. The Morgan fingerprint density at radius 3 is 2.70 bits per heavy atom. The van der Waals surface area contributed by atoms with Crippen molar-refractivity contribution in [3.05, 3.63) is 29.3 Å². The number of benzene rings is 1. The van der Waals surface area contributed by atoms with Gasteiger partial charge in [-0.2, -0.15) is 0 Å². The van der Waals surface area contributed by atoms with Gasteiger partial charge in [0.15, 0.2) is 0 Å². The maximum absolute atomic E-state index is 12.4. The van der Waals surface area contributed by atoms with Crippen molar-refractivity contribution in [3.8, 4) is 0 Å². The van der Waals surface area contributed by atoms with Gasteiger partial charge in [0.05, 0.1) is 17.0 Å². The zero-order valence-corrected chi connectivity index (χ0v) is 15.1. The molecule has 1 amide bonds. The van der Waals surface area contributed by atoms with E-state index in [1.165, 1.54) is 4.31 Å². The number of piperidine rings is 1. The number of halogens is 1. The first-order chi connectivity index (χ1) is 10.8. The van der Waals surface area contributed by atoms with Crippen LogP contribution in [-0.2, 0) is 14.8 Å². The molecule has 1 aliphatic heterocycles. The fraction of sp³-hybridized carbons (Fsp3) is 0.562. The fourth-order valence-electron chi connectivity index (χ4n) is 2.89. The molecule has 0 aliphatic carbocycles. The number of amides is 1. The van der Waals surface area contributed by atoms with Crippen molar-refractivity contribution in [1.82, 2.24) is 4.90 Å². The Balaban J connectivity index is 2.08. The summed E-state index contributed by atoms with van der Waals surface area (Å²) in [6.45, 7) is 3.75. The third-order valence-electron chi connectivity index (χ3n) is 4.06. The Kier molecular flexibility index (Phi) is 5.92. The van der Waals surface area contributed by atoms with Gasteiger partial charge in [-0.05, 0) is 30.9 Å².